The third-order valence-electron chi connectivity index (χ3n) is 4.62. The number of hydrogen-bond donors (Lipinski definition) is 1. The molecule has 0 spiro atoms. The molecule has 7 nitrogen and oxygen atoms in total. The van der Waals surface area contributed by atoms with Crippen molar-refractivity contribution in [3.05, 3.63) is 68.2 Å². The molecule has 0 unspecified atom stereocenters. The molecule has 1 aliphatic rings. The number of urea groups is 1. The second-order valence-electron chi connectivity index (χ2n) is 6.48. The lowest BCUT2D eigenvalue weighted by molar-refractivity contribution is -0.384. The molecule has 9 heteroatoms. The highest BCUT2D eigenvalue weighted by molar-refractivity contribution is 6.31. The van der Waals surface area contributed by atoms with Crippen molar-refractivity contribution in [2.45, 2.75) is 6.42 Å². The molecule has 2 aromatic rings. The molecule has 1 saturated heterocycles. The van der Waals surface area contributed by atoms with Gasteiger partial charge in [-0.15, -0.1) is 0 Å². The van der Waals surface area contributed by atoms with Crippen molar-refractivity contribution in [2.75, 3.05) is 37.6 Å². The molecular formula is C19H20Cl2N4O3. The van der Waals surface area contributed by atoms with Gasteiger partial charge in [0.2, 0.25) is 0 Å². The van der Waals surface area contributed by atoms with Gasteiger partial charge in [0.1, 0.15) is 5.69 Å². The van der Waals surface area contributed by atoms with Gasteiger partial charge >= 0.3 is 6.03 Å². The average molecular weight is 423 g/mol. The third kappa shape index (κ3) is 5.05. The van der Waals surface area contributed by atoms with Crippen LogP contribution in [0.15, 0.2) is 42.5 Å². The maximum absolute atomic E-state index is 12.4. The van der Waals surface area contributed by atoms with Crippen molar-refractivity contribution in [1.82, 2.24) is 10.2 Å². The van der Waals surface area contributed by atoms with Crippen LogP contribution in [0.4, 0.5) is 16.2 Å². The number of anilines is 1. The molecule has 0 bridgehead atoms. The Morgan fingerprint density at radius 2 is 1.79 bits per heavy atom. The molecule has 148 valence electrons. The number of nitro benzene ring substituents is 1. The Morgan fingerprint density at radius 1 is 1.07 bits per heavy atom. The molecule has 1 aliphatic heterocycles. The predicted molar refractivity (Wildman–Crippen MR) is 110 cm³/mol. The standard InChI is InChI=1S/C19H20Cl2N4O3/c20-15-3-1-2-14(12-15)6-7-22-19(26)24-10-8-23(9-11-24)17-5-4-16(21)13-18(17)25(27)28/h1-5,12-13H,6-11H2,(H,22,26). The number of rotatable bonds is 5. The van der Waals surface area contributed by atoms with Gasteiger partial charge in [0.15, 0.2) is 0 Å². The number of nitro groups is 1. The number of amides is 2. The minimum atomic E-state index is -0.434. The zero-order chi connectivity index (χ0) is 20.1. The summed E-state index contributed by atoms with van der Waals surface area (Å²) in [5.41, 5.74) is 1.56. The first kappa shape index (κ1) is 20.2. The number of piperazine rings is 1. The van der Waals surface area contributed by atoms with Gasteiger partial charge in [0.25, 0.3) is 5.69 Å². The molecular weight excluding hydrogens is 403 g/mol. The summed E-state index contributed by atoms with van der Waals surface area (Å²) in [6, 6.07) is 12.1. The van der Waals surface area contributed by atoms with E-state index >= 15 is 0 Å². The van der Waals surface area contributed by atoms with E-state index in [2.05, 4.69) is 5.32 Å². The number of carbonyl (C=O) groups is 1. The second-order valence-corrected chi connectivity index (χ2v) is 7.35. The van der Waals surface area contributed by atoms with Crippen molar-refractivity contribution in [3.8, 4) is 0 Å². The van der Waals surface area contributed by atoms with Crippen molar-refractivity contribution >= 4 is 40.6 Å². The first-order chi connectivity index (χ1) is 13.4. The number of halogens is 2. The first-order valence-corrected chi connectivity index (χ1v) is 9.66. The van der Waals surface area contributed by atoms with Gasteiger partial charge in [-0.2, -0.15) is 0 Å². The van der Waals surface area contributed by atoms with E-state index in [1.165, 1.54) is 6.07 Å². The van der Waals surface area contributed by atoms with E-state index in [0.29, 0.717) is 54.9 Å². The predicted octanol–water partition coefficient (Wildman–Crippen LogP) is 3.98. The van der Waals surface area contributed by atoms with E-state index in [1.807, 2.05) is 29.2 Å². The molecule has 28 heavy (non-hydrogen) atoms. The fraction of sp³-hybridized carbons (Fsp3) is 0.316. The Bertz CT molecular complexity index is 870. The normalized spacial score (nSPS) is 14.1. The number of hydrogen-bond acceptors (Lipinski definition) is 4. The molecule has 0 atom stereocenters. The Balaban J connectivity index is 1.51. The summed E-state index contributed by atoms with van der Waals surface area (Å²) in [6.45, 7) is 2.53. The molecule has 1 fully saturated rings. The number of nitrogens with one attached hydrogen (secondary N) is 1. The molecule has 0 aliphatic carbocycles. The van der Waals surface area contributed by atoms with Crippen LogP contribution in [-0.4, -0.2) is 48.6 Å². The highest BCUT2D eigenvalue weighted by Gasteiger charge is 2.25. The van der Waals surface area contributed by atoms with Crippen LogP contribution in [0.5, 0.6) is 0 Å². The fourth-order valence-corrected chi connectivity index (χ4v) is 3.56. The van der Waals surface area contributed by atoms with Gasteiger partial charge < -0.3 is 15.1 Å². The van der Waals surface area contributed by atoms with Crippen LogP contribution in [0, 0.1) is 10.1 Å². The Hall–Kier alpha value is -2.51. The number of nitrogens with zero attached hydrogens (tertiary/aromatic N) is 3. The average Bonchev–Trinajstić information content (AvgIpc) is 2.68. The fourth-order valence-electron chi connectivity index (χ4n) is 3.18. The van der Waals surface area contributed by atoms with Gasteiger partial charge in [-0.25, -0.2) is 4.79 Å². The smallest absolute Gasteiger partial charge is 0.317 e. The molecule has 0 saturated carbocycles. The molecule has 2 aromatic carbocycles. The van der Waals surface area contributed by atoms with Crippen LogP contribution < -0.4 is 10.2 Å². The first-order valence-electron chi connectivity index (χ1n) is 8.90. The summed E-state index contributed by atoms with van der Waals surface area (Å²) in [4.78, 5) is 26.8. The molecule has 3 rings (SSSR count). The summed E-state index contributed by atoms with van der Waals surface area (Å²) in [5.74, 6) is 0. The molecule has 2 amide bonds. The van der Waals surface area contributed by atoms with Crippen LogP contribution in [-0.2, 0) is 6.42 Å². The maximum atomic E-state index is 12.4. The Kier molecular flexibility index (Phi) is 6.59. The summed E-state index contributed by atoms with van der Waals surface area (Å²) in [7, 11) is 0. The molecule has 0 radical (unpaired) electrons. The maximum Gasteiger partial charge on any atom is 0.317 e. The van der Waals surface area contributed by atoms with Crippen LogP contribution in [0.2, 0.25) is 10.0 Å². The zero-order valence-electron chi connectivity index (χ0n) is 15.1. The minimum Gasteiger partial charge on any atom is -0.362 e. The summed E-state index contributed by atoms with van der Waals surface area (Å²) in [6.07, 6.45) is 0.698. The van der Waals surface area contributed by atoms with E-state index in [0.717, 1.165) is 5.56 Å². The van der Waals surface area contributed by atoms with Crippen molar-refractivity contribution in [1.29, 1.82) is 0 Å². The summed E-state index contributed by atoms with van der Waals surface area (Å²) >= 11 is 11.8. The Labute approximate surface area is 173 Å². The van der Waals surface area contributed by atoms with Crippen LogP contribution in [0.3, 0.4) is 0 Å². The van der Waals surface area contributed by atoms with E-state index in [9.17, 15) is 14.9 Å². The van der Waals surface area contributed by atoms with Crippen molar-refractivity contribution in [2.24, 2.45) is 0 Å². The highest BCUT2D eigenvalue weighted by Crippen LogP contribution is 2.31. The van der Waals surface area contributed by atoms with E-state index in [-0.39, 0.29) is 11.7 Å². The van der Waals surface area contributed by atoms with Gasteiger partial charge in [-0.3, -0.25) is 10.1 Å². The van der Waals surface area contributed by atoms with E-state index < -0.39 is 4.92 Å². The van der Waals surface area contributed by atoms with Crippen molar-refractivity contribution in [3.63, 3.8) is 0 Å². The summed E-state index contributed by atoms with van der Waals surface area (Å²) < 4.78 is 0. The molecule has 0 aromatic heterocycles. The van der Waals surface area contributed by atoms with E-state index in [1.54, 1.807) is 17.0 Å². The highest BCUT2D eigenvalue weighted by atomic mass is 35.5. The van der Waals surface area contributed by atoms with Gasteiger partial charge in [-0.05, 0) is 36.2 Å². The third-order valence-corrected chi connectivity index (χ3v) is 5.09. The van der Waals surface area contributed by atoms with Crippen LogP contribution in [0.1, 0.15) is 5.56 Å². The van der Waals surface area contributed by atoms with Gasteiger partial charge in [0, 0.05) is 48.8 Å². The zero-order valence-corrected chi connectivity index (χ0v) is 16.6. The second kappa shape index (κ2) is 9.12. The lowest BCUT2D eigenvalue weighted by atomic mass is 10.1. The summed E-state index contributed by atoms with van der Waals surface area (Å²) in [5, 5.41) is 15.2. The van der Waals surface area contributed by atoms with E-state index in [4.69, 9.17) is 23.2 Å². The lowest BCUT2D eigenvalue weighted by Crippen LogP contribution is -2.52. The topological polar surface area (TPSA) is 78.7 Å². The SMILES string of the molecule is O=C(NCCc1cccc(Cl)c1)N1CCN(c2ccc(Cl)cc2[N+](=O)[O-])CC1. The quantitative estimate of drug-likeness (QED) is 0.583. The largest absolute Gasteiger partial charge is 0.362 e. The van der Waals surface area contributed by atoms with Crippen molar-refractivity contribution < 1.29 is 9.72 Å². The van der Waals surface area contributed by atoms with Gasteiger partial charge in [-0.1, -0.05) is 35.3 Å². The van der Waals surface area contributed by atoms with Gasteiger partial charge in [0.05, 0.1) is 4.92 Å². The minimum absolute atomic E-state index is 0.0214. The molecule has 1 N–H and O–H groups in total. The number of benzene rings is 2. The van der Waals surface area contributed by atoms with Crippen LogP contribution in [0.25, 0.3) is 0 Å². The molecule has 1 heterocycles. The lowest BCUT2D eigenvalue weighted by Gasteiger charge is -2.35. The monoisotopic (exact) mass is 422 g/mol. The Morgan fingerprint density at radius 3 is 2.46 bits per heavy atom. The number of carbonyl (C=O) groups excluding carboxylic acids is 1. The van der Waals surface area contributed by atoms with Crippen LogP contribution >= 0.6 is 23.2 Å².